The summed E-state index contributed by atoms with van der Waals surface area (Å²) in [6, 6.07) is 0. The Labute approximate surface area is 76.5 Å². The first-order valence-electron chi connectivity index (χ1n) is 3.84. The topological polar surface area (TPSA) is 69.4 Å². The van der Waals surface area contributed by atoms with E-state index in [-0.39, 0.29) is 13.0 Å². The third-order valence-corrected chi connectivity index (χ3v) is 1.62. The van der Waals surface area contributed by atoms with Gasteiger partial charge in [0.15, 0.2) is 0 Å². The Morgan fingerprint density at radius 2 is 2.23 bits per heavy atom. The SMILES string of the molecule is C=CC(=O)OCCC(C)(C)[N+](=O)[O-]. The van der Waals surface area contributed by atoms with Crippen LogP contribution in [-0.4, -0.2) is 23.0 Å². The minimum Gasteiger partial charge on any atom is -0.462 e. The summed E-state index contributed by atoms with van der Waals surface area (Å²) in [6.07, 6.45) is 1.22. The monoisotopic (exact) mass is 187 g/mol. The van der Waals surface area contributed by atoms with E-state index >= 15 is 0 Å². The fourth-order valence-electron chi connectivity index (χ4n) is 0.552. The molecular weight excluding hydrogens is 174 g/mol. The van der Waals surface area contributed by atoms with Gasteiger partial charge in [0.25, 0.3) is 0 Å². The molecule has 0 heterocycles. The van der Waals surface area contributed by atoms with E-state index in [4.69, 9.17) is 0 Å². The molecule has 0 saturated heterocycles. The van der Waals surface area contributed by atoms with Crippen LogP contribution in [0.4, 0.5) is 0 Å². The molecule has 0 aliphatic heterocycles. The Hall–Kier alpha value is -1.39. The number of rotatable bonds is 5. The summed E-state index contributed by atoms with van der Waals surface area (Å²) in [5, 5.41) is 10.4. The lowest BCUT2D eigenvalue weighted by atomic mass is 10.0. The van der Waals surface area contributed by atoms with Crippen LogP contribution in [0.25, 0.3) is 0 Å². The Kier molecular flexibility index (Phi) is 4.10. The summed E-state index contributed by atoms with van der Waals surface area (Å²) >= 11 is 0. The van der Waals surface area contributed by atoms with E-state index in [0.29, 0.717) is 0 Å². The number of nitrogens with zero attached hydrogens (tertiary/aromatic N) is 1. The minimum atomic E-state index is -1.05. The van der Waals surface area contributed by atoms with E-state index in [9.17, 15) is 14.9 Å². The van der Waals surface area contributed by atoms with Gasteiger partial charge in [0, 0.05) is 24.8 Å². The number of ether oxygens (including phenoxy) is 1. The summed E-state index contributed by atoms with van der Waals surface area (Å²) in [5.74, 6) is -0.556. The maximum absolute atomic E-state index is 10.6. The second-order valence-corrected chi connectivity index (χ2v) is 3.19. The normalized spacial score (nSPS) is 10.6. The average Bonchev–Trinajstić information content (AvgIpc) is 2.03. The van der Waals surface area contributed by atoms with Gasteiger partial charge in [-0.15, -0.1) is 0 Å². The first kappa shape index (κ1) is 11.6. The molecule has 0 aliphatic carbocycles. The molecule has 0 aromatic carbocycles. The fraction of sp³-hybridized carbons (Fsp3) is 0.625. The molecule has 13 heavy (non-hydrogen) atoms. The van der Waals surface area contributed by atoms with Gasteiger partial charge in [0.2, 0.25) is 5.54 Å². The number of nitro groups is 1. The quantitative estimate of drug-likeness (QED) is 0.280. The van der Waals surface area contributed by atoms with Crippen LogP contribution < -0.4 is 0 Å². The number of hydrogen-bond acceptors (Lipinski definition) is 4. The van der Waals surface area contributed by atoms with Crippen molar-refractivity contribution in [2.45, 2.75) is 25.8 Å². The molecule has 0 unspecified atom stereocenters. The van der Waals surface area contributed by atoms with E-state index in [1.165, 1.54) is 13.8 Å². The summed E-state index contributed by atoms with van der Waals surface area (Å²) in [4.78, 5) is 20.6. The Balaban J connectivity index is 3.82. The molecule has 74 valence electrons. The van der Waals surface area contributed by atoms with Gasteiger partial charge in [-0.25, -0.2) is 4.79 Å². The van der Waals surface area contributed by atoms with E-state index in [0.717, 1.165) is 6.08 Å². The predicted octanol–water partition coefficient (Wildman–Crippen LogP) is 1.16. The molecule has 5 heteroatoms. The van der Waals surface area contributed by atoms with Crippen LogP contribution in [0.3, 0.4) is 0 Å². The van der Waals surface area contributed by atoms with E-state index in [1.54, 1.807) is 0 Å². The van der Waals surface area contributed by atoms with Gasteiger partial charge in [-0.1, -0.05) is 6.58 Å². The molecule has 0 aliphatic rings. The highest BCUT2D eigenvalue weighted by Crippen LogP contribution is 2.12. The zero-order chi connectivity index (χ0) is 10.5. The van der Waals surface area contributed by atoms with Crippen molar-refractivity contribution in [2.24, 2.45) is 0 Å². The van der Waals surface area contributed by atoms with Crippen molar-refractivity contribution in [3.63, 3.8) is 0 Å². The highest BCUT2D eigenvalue weighted by atomic mass is 16.6. The molecule has 0 aromatic heterocycles. The number of carbonyl (C=O) groups excluding carboxylic acids is 1. The molecule has 0 rings (SSSR count). The van der Waals surface area contributed by atoms with Gasteiger partial charge < -0.3 is 4.74 Å². The molecule has 0 radical (unpaired) electrons. The highest BCUT2D eigenvalue weighted by molar-refractivity contribution is 5.81. The summed E-state index contributed by atoms with van der Waals surface area (Å²) in [7, 11) is 0. The molecule has 0 fully saturated rings. The van der Waals surface area contributed by atoms with Crippen molar-refractivity contribution in [3.8, 4) is 0 Å². The predicted molar refractivity (Wildman–Crippen MR) is 46.8 cm³/mol. The average molecular weight is 187 g/mol. The number of carbonyl (C=O) groups is 1. The van der Waals surface area contributed by atoms with Crippen LogP contribution in [0, 0.1) is 10.1 Å². The fourth-order valence-corrected chi connectivity index (χ4v) is 0.552. The molecule has 0 N–H and O–H groups in total. The Bertz CT molecular complexity index is 222. The van der Waals surface area contributed by atoms with Crippen molar-refractivity contribution in [1.82, 2.24) is 0 Å². The van der Waals surface area contributed by atoms with Gasteiger partial charge in [0.05, 0.1) is 13.0 Å². The molecular formula is C8H13NO4. The molecule has 0 bridgehead atoms. The molecule has 0 atom stereocenters. The summed E-state index contributed by atoms with van der Waals surface area (Å²) in [6.45, 7) is 6.20. The third kappa shape index (κ3) is 4.25. The summed E-state index contributed by atoms with van der Waals surface area (Å²) in [5.41, 5.74) is -1.05. The van der Waals surface area contributed by atoms with E-state index < -0.39 is 16.4 Å². The Morgan fingerprint density at radius 3 is 2.62 bits per heavy atom. The van der Waals surface area contributed by atoms with Crippen LogP contribution in [-0.2, 0) is 9.53 Å². The lowest BCUT2D eigenvalue weighted by Gasteiger charge is -2.14. The minimum absolute atomic E-state index is 0.0405. The van der Waals surface area contributed by atoms with E-state index in [1.807, 2.05) is 0 Å². The van der Waals surface area contributed by atoms with Crippen molar-refractivity contribution in [3.05, 3.63) is 22.8 Å². The van der Waals surface area contributed by atoms with E-state index in [2.05, 4.69) is 11.3 Å². The Morgan fingerprint density at radius 1 is 1.69 bits per heavy atom. The standard InChI is InChI=1S/C8H13NO4/c1-4-7(10)13-6-5-8(2,3)9(11)12/h4H,1,5-6H2,2-3H3. The van der Waals surface area contributed by atoms with Crippen molar-refractivity contribution < 1.29 is 14.5 Å². The molecule has 0 aromatic rings. The number of esters is 1. The molecule has 5 nitrogen and oxygen atoms in total. The van der Waals surface area contributed by atoms with Crippen molar-refractivity contribution in [2.75, 3.05) is 6.61 Å². The van der Waals surface area contributed by atoms with Gasteiger partial charge in [-0.05, 0) is 0 Å². The van der Waals surface area contributed by atoms with Crippen LogP contribution in [0.15, 0.2) is 12.7 Å². The second kappa shape index (κ2) is 4.59. The molecule has 0 amide bonds. The van der Waals surface area contributed by atoms with Gasteiger partial charge in [0.1, 0.15) is 0 Å². The van der Waals surface area contributed by atoms with Crippen LogP contribution in [0.1, 0.15) is 20.3 Å². The molecule has 0 saturated carbocycles. The second-order valence-electron chi connectivity index (χ2n) is 3.19. The van der Waals surface area contributed by atoms with Crippen LogP contribution in [0.5, 0.6) is 0 Å². The lowest BCUT2D eigenvalue weighted by Crippen LogP contribution is -2.32. The third-order valence-electron chi connectivity index (χ3n) is 1.62. The first-order valence-corrected chi connectivity index (χ1v) is 3.84. The largest absolute Gasteiger partial charge is 0.462 e. The summed E-state index contributed by atoms with van der Waals surface area (Å²) < 4.78 is 4.62. The van der Waals surface area contributed by atoms with Crippen LogP contribution in [0.2, 0.25) is 0 Å². The zero-order valence-electron chi connectivity index (χ0n) is 7.78. The first-order chi connectivity index (χ1) is 5.90. The van der Waals surface area contributed by atoms with Gasteiger partial charge >= 0.3 is 5.97 Å². The number of hydrogen-bond donors (Lipinski definition) is 0. The van der Waals surface area contributed by atoms with Crippen molar-refractivity contribution >= 4 is 5.97 Å². The van der Waals surface area contributed by atoms with Crippen LogP contribution >= 0.6 is 0 Å². The zero-order valence-corrected chi connectivity index (χ0v) is 7.78. The van der Waals surface area contributed by atoms with Crippen molar-refractivity contribution in [1.29, 1.82) is 0 Å². The van der Waals surface area contributed by atoms with Gasteiger partial charge in [-0.3, -0.25) is 10.1 Å². The van der Waals surface area contributed by atoms with Gasteiger partial charge in [-0.2, -0.15) is 0 Å². The maximum Gasteiger partial charge on any atom is 0.330 e. The smallest absolute Gasteiger partial charge is 0.330 e. The highest BCUT2D eigenvalue weighted by Gasteiger charge is 2.30. The maximum atomic E-state index is 10.6. The molecule has 0 spiro atoms. The lowest BCUT2D eigenvalue weighted by molar-refractivity contribution is -0.561.